The highest BCUT2D eigenvalue weighted by molar-refractivity contribution is 14.1. The number of amidine groups is 1. The van der Waals surface area contributed by atoms with E-state index < -0.39 is 5.97 Å². The number of aliphatic imine (C=N–C) groups is 1. The van der Waals surface area contributed by atoms with Gasteiger partial charge in [-0.05, 0) is 28.7 Å². The van der Waals surface area contributed by atoms with Gasteiger partial charge in [-0.15, -0.1) is 0 Å². The first-order valence-corrected chi connectivity index (χ1v) is 3.82. The van der Waals surface area contributed by atoms with E-state index in [2.05, 4.69) is 16.9 Å². The summed E-state index contributed by atoms with van der Waals surface area (Å²) in [5.74, 6) is -1.04. The molecule has 0 aromatic heterocycles. The molecule has 0 saturated heterocycles. The third kappa shape index (κ3) is 2.04. The molecule has 0 aliphatic carbocycles. The monoisotopic (exact) mass is 264 g/mol. The lowest BCUT2D eigenvalue weighted by atomic mass is 10.3. The molecule has 0 radical (unpaired) electrons. The maximum Gasteiger partial charge on any atom is 0.354 e. The predicted molar refractivity (Wildman–Crippen MR) is 49.4 cm³/mol. The first kappa shape index (κ1) is 8.25. The maximum atomic E-state index is 10.4. The molecule has 0 spiro atoms. The molecule has 58 valence electrons. The molecular formula is C6H5IN2O2. The van der Waals surface area contributed by atoms with Crippen LogP contribution in [-0.4, -0.2) is 14.9 Å². The Morgan fingerprint density at radius 2 is 2.45 bits per heavy atom. The Balaban J connectivity index is 2.96. The number of carboxylic acids is 1. The first-order valence-electron chi connectivity index (χ1n) is 2.74. The van der Waals surface area contributed by atoms with E-state index in [1.165, 1.54) is 6.08 Å². The summed E-state index contributed by atoms with van der Waals surface area (Å²) in [7, 11) is 0. The standard InChI is InChI=1S/C6H5IN2O2/c1-3-2-4(5(10)11)9-6(7)8-3/h2H,1H2,(H,8,9)(H,10,11). The van der Waals surface area contributed by atoms with Gasteiger partial charge in [0, 0.05) is 5.70 Å². The molecule has 5 heteroatoms. The second kappa shape index (κ2) is 3.04. The zero-order valence-corrected chi connectivity index (χ0v) is 7.62. The van der Waals surface area contributed by atoms with Crippen LogP contribution in [0.3, 0.4) is 0 Å². The molecule has 1 aliphatic heterocycles. The first-order chi connectivity index (χ1) is 5.09. The van der Waals surface area contributed by atoms with E-state index in [4.69, 9.17) is 5.11 Å². The lowest BCUT2D eigenvalue weighted by Gasteiger charge is -2.09. The van der Waals surface area contributed by atoms with E-state index in [0.717, 1.165) is 0 Å². The molecule has 2 N–H and O–H groups in total. The molecule has 1 rings (SSSR count). The lowest BCUT2D eigenvalue weighted by molar-refractivity contribution is -0.132. The molecule has 1 aliphatic rings. The van der Waals surface area contributed by atoms with E-state index in [9.17, 15) is 4.79 Å². The SMILES string of the molecule is C=C1C=C(C(=O)O)N=C(I)N1. The molecule has 0 atom stereocenters. The molecular weight excluding hydrogens is 259 g/mol. The van der Waals surface area contributed by atoms with Gasteiger partial charge in [0.1, 0.15) is 0 Å². The van der Waals surface area contributed by atoms with E-state index >= 15 is 0 Å². The summed E-state index contributed by atoms with van der Waals surface area (Å²) in [4.78, 5) is 14.1. The summed E-state index contributed by atoms with van der Waals surface area (Å²) in [5.41, 5.74) is 0.556. The van der Waals surface area contributed by atoms with Crippen molar-refractivity contribution in [2.45, 2.75) is 0 Å². The average Bonchev–Trinajstić information content (AvgIpc) is 1.85. The van der Waals surface area contributed by atoms with Crippen LogP contribution in [0.25, 0.3) is 0 Å². The number of carboxylic acid groups (broad SMARTS) is 1. The summed E-state index contributed by atoms with van der Waals surface area (Å²) >= 11 is 1.89. The average molecular weight is 264 g/mol. The van der Waals surface area contributed by atoms with Crippen molar-refractivity contribution in [2.75, 3.05) is 0 Å². The van der Waals surface area contributed by atoms with Crippen molar-refractivity contribution in [3.63, 3.8) is 0 Å². The molecule has 1 heterocycles. The second-order valence-corrected chi connectivity index (χ2v) is 2.91. The highest BCUT2D eigenvalue weighted by Crippen LogP contribution is 2.09. The fraction of sp³-hybridized carbons (Fsp3) is 0. The van der Waals surface area contributed by atoms with E-state index in [-0.39, 0.29) is 5.70 Å². The maximum absolute atomic E-state index is 10.4. The number of rotatable bonds is 1. The van der Waals surface area contributed by atoms with Gasteiger partial charge in [0.25, 0.3) is 0 Å². The van der Waals surface area contributed by atoms with Crippen molar-refractivity contribution in [3.05, 3.63) is 24.0 Å². The fourth-order valence-electron chi connectivity index (χ4n) is 0.609. The minimum atomic E-state index is -1.04. The summed E-state index contributed by atoms with van der Waals surface area (Å²) in [6.45, 7) is 3.56. The van der Waals surface area contributed by atoms with E-state index in [1.54, 1.807) is 0 Å². The van der Waals surface area contributed by atoms with Crippen molar-refractivity contribution in [2.24, 2.45) is 4.99 Å². The van der Waals surface area contributed by atoms with Crippen molar-refractivity contribution in [1.29, 1.82) is 0 Å². The quantitative estimate of drug-likeness (QED) is 0.545. The van der Waals surface area contributed by atoms with Gasteiger partial charge < -0.3 is 10.4 Å². The van der Waals surface area contributed by atoms with Crippen LogP contribution in [0.1, 0.15) is 0 Å². The molecule has 4 nitrogen and oxygen atoms in total. The minimum absolute atomic E-state index is 0.0122. The van der Waals surface area contributed by atoms with Gasteiger partial charge in [-0.25, -0.2) is 9.79 Å². The van der Waals surface area contributed by atoms with Gasteiger partial charge in [-0.3, -0.25) is 0 Å². The molecule has 0 saturated carbocycles. The Hall–Kier alpha value is -0.850. The lowest BCUT2D eigenvalue weighted by Crippen LogP contribution is -2.20. The van der Waals surface area contributed by atoms with Gasteiger partial charge in [-0.1, -0.05) is 6.58 Å². The summed E-state index contributed by atoms with van der Waals surface area (Å²) < 4.78 is 0.521. The Morgan fingerprint density at radius 3 is 2.91 bits per heavy atom. The molecule has 0 amide bonds. The molecule has 0 bridgehead atoms. The summed E-state index contributed by atoms with van der Waals surface area (Å²) in [5, 5.41) is 11.3. The van der Waals surface area contributed by atoms with Crippen LogP contribution in [-0.2, 0) is 4.79 Å². The Bertz CT molecular complexity index is 280. The largest absolute Gasteiger partial charge is 0.477 e. The predicted octanol–water partition coefficient (Wildman–Crippen LogP) is 0.863. The highest BCUT2D eigenvalue weighted by atomic mass is 127. The molecule has 0 aromatic rings. The van der Waals surface area contributed by atoms with Crippen molar-refractivity contribution >= 4 is 32.4 Å². The van der Waals surface area contributed by atoms with E-state index in [1.807, 2.05) is 22.6 Å². The number of allylic oxidation sites excluding steroid dienone is 1. The number of hydrogen-bond acceptors (Lipinski definition) is 3. The van der Waals surface area contributed by atoms with Gasteiger partial charge in [0.2, 0.25) is 0 Å². The van der Waals surface area contributed by atoms with E-state index in [0.29, 0.717) is 9.54 Å². The number of hydrogen-bond donors (Lipinski definition) is 2. The number of carbonyl (C=O) groups is 1. The minimum Gasteiger partial charge on any atom is -0.477 e. The van der Waals surface area contributed by atoms with Crippen LogP contribution < -0.4 is 5.32 Å². The van der Waals surface area contributed by atoms with Crippen LogP contribution >= 0.6 is 22.6 Å². The Kier molecular flexibility index (Phi) is 2.28. The van der Waals surface area contributed by atoms with Crippen molar-refractivity contribution in [1.82, 2.24) is 5.32 Å². The van der Waals surface area contributed by atoms with Crippen LogP contribution in [0.5, 0.6) is 0 Å². The molecule has 11 heavy (non-hydrogen) atoms. The van der Waals surface area contributed by atoms with Crippen molar-refractivity contribution in [3.8, 4) is 0 Å². The number of halogens is 1. The van der Waals surface area contributed by atoms with Crippen molar-refractivity contribution < 1.29 is 9.90 Å². The third-order valence-corrected chi connectivity index (χ3v) is 1.52. The second-order valence-electron chi connectivity index (χ2n) is 1.89. The zero-order chi connectivity index (χ0) is 8.43. The van der Waals surface area contributed by atoms with Crippen LogP contribution in [0.2, 0.25) is 0 Å². The zero-order valence-electron chi connectivity index (χ0n) is 5.47. The normalized spacial score (nSPS) is 16.6. The number of nitrogens with zero attached hydrogens (tertiary/aromatic N) is 1. The molecule has 0 aromatic carbocycles. The van der Waals surface area contributed by atoms with Gasteiger partial charge in [0.15, 0.2) is 9.54 Å². The fourth-order valence-corrected chi connectivity index (χ4v) is 1.22. The number of nitrogens with one attached hydrogen (secondary N) is 1. The third-order valence-electron chi connectivity index (χ3n) is 1.01. The smallest absolute Gasteiger partial charge is 0.354 e. The topological polar surface area (TPSA) is 61.7 Å². The van der Waals surface area contributed by atoms with Gasteiger partial charge in [-0.2, -0.15) is 0 Å². The van der Waals surface area contributed by atoms with Crippen LogP contribution in [0.4, 0.5) is 0 Å². The Morgan fingerprint density at radius 1 is 1.82 bits per heavy atom. The molecule has 0 unspecified atom stereocenters. The highest BCUT2D eigenvalue weighted by Gasteiger charge is 2.11. The summed E-state index contributed by atoms with van der Waals surface area (Å²) in [6.07, 6.45) is 1.38. The Labute approximate surface area is 76.8 Å². The number of aliphatic carboxylic acids is 1. The summed E-state index contributed by atoms with van der Waals surface area (Å²) in [6, 6.07) is 0. The van der Waals surface area contributed by atoms with Crippen LogP contribution in [0, 0.1) is 0 Å². The molecule has 0 fully saturated rings. The van der Waals surface area contributed by atoms with Gasteiger partial charge in [0.05, 0.1) is 0 Å². The van der Waals surface area contributed by atoms with Crippen LogP contribution in [0.15, 0.2) is 29.0 Å². The van der Waals surface area contributed by atoms with Gasteiger partial charge >= 0.3 is 5.97 Å².